The van der Waals surface area contributed by atoms with E-state index >= 15 is 0 Å². The van der Waals surface area contributed by atoms with Gasteiger partial charge in [0.15, 0.2) is 0 Å². The van der Waals surface area contributed by atoms with E-state index < -0.39 is 0 Å². The van der Waals surface area contributed by atoms with Crippen molar-refractivity contribution in [1.29, 1.82) is 0 Å². The van der Waals surface area contributed by atoms with Gasteiger partial charge in [0.25, 0.3) is 0 Å². The summed E-state index contributed by atoms with van der Waals surface area (Å²) in [6.45, 7) is 1.53. The quantitative estimate of drug-likeness (QED) is 0.474. The van der Waals surface area contributed by atoms with Gasteiger partial charge < -0.3 is 9.30 Å². The van der Waals surface area contributed by atoms with Crippen LogP contribution in [0.25, 0.3) is 0 Å². The van der Waals surface area contributed by atoms with Crippen molar-refractivity contribution in [3.8, 4) is 5.75 Å². The van der Waals surface area contributed by atoms with E-state index in [9.17, 15) is 0 Å². The average molecular weight is 383 g/mol. The molecule has 3 aromatic carbocycles. The number of ether oxygens (including phenoxy) is 1. The molecule has 1 unspecified atom stereocenters. The monoisotopic (exact) mass is 383 g/mol. The SMILES string of the molecule is COc1ccc(CNC(c2ccccc2)c2nccn2Cc2ccccc2)cc1. The molecule has 1 aromatic heterocycles. The van der Waals surface area contributed by atoms with E-state index in [0.29, 0.717) is 0 Å². The maximum atomic E-state index is 5.26. The fraction of sp³-hybridized carbons (Fsp3) is 0.160. The highest BCUT2D eigenvalue weighted by atomic mass is 16.5. The smallest absolute Gasteiger partial charge is 0.130 e. The molecule has 0 aliphatic rings. The summed E-state index contributed by atoms with van der Waals surface area (Å²) >= 11 is 0. The Kier molecular flexibility index (Phi) is 6.03. The zero-order chi connectivity index (χ0) is 19.9. The molecule has 0 saturated heterocycles. The Hall–Kier alpha value is -3.37. The van der Waals surface area contributed by atoms with Gasteiger partial charge in [-0.2, -0.15) is 0 Å². The van der Waals surface area contributed by atoms with Gasteiger partial charge in [0.1, 0.15) is 11.6 Å². The number of rotatable bonds is 8. The number of benzene rings is 3. The summed E-state index contributed by atoms with van der Waals surface area (Å²) < 4.78 is 7.48. The zero-order valence-corrected chi connectivity index (χ0v) is 16.5. The molecule has 0 aliphatic carbocycles. The van der Waals surface area contributed by atoms with E-state index in [1.807, 2.05) is 36.7 Å². The van der Waals surface area contributed by atoms with E-state index in [1.54, 1.807) is 7.11 Å². The second kappa shape index (κ2) is 9.22. The van der Waals surface area contributed by atoms with Crippen molar-refractivity contribution in [3.05, 3.63) is 120 Å². The number of hydrogen-bond acceptors (Lipinski definition) is 3. The summed E-state index contributed by atoms with van der Waals surface area (Å²) in [5, 5.41) is 3.69. The first-order chi connectivity index (χ1) is 14.3. The lowest BCUT2D eigenvalue weighted by molar-refractivity contribution is 0.414. The number of aromatic nitrogens is 2. The van der Waals surface area contributed by atoms with Crippen molar-refractivity contribution in [3.63, 3.8) is 0 Å². The molecule has 0 radical (unpaired) electrons. The van der Waals surface area contributed by atoms with Crippen LogP contribution in [0, 0.1) is 0 Å². The van der Waals surface area contributed by atoms with E-state index in [4.69, 9.17) is 9.72 Å². The van der Waals surface area contributed by atoms with Gasteiger partial charge in [-0.15, -0.1) is 0 Å². The van der Waals surface area contributed by atoms with E-state index in [0.717, 1.165) is 24.7 Å². The molecule has 4 rings (SSSR count). The van der Waals surface area contributed by atoms with Crippen molar-refractivity contribution in [2.75, 3.05) is 7.11 Å². The van der Waals surface area contributed by atoms with Crippen LogP contribution in [-0.2, 0) is 13.1 Å². The second-order valence-corrected chi connectivity index (χ2v) is 6.97. The number of methoxy groups -OCH3 is 1. The van der Waals surface area contributed by atoms with Crippen LogP contribution in [0.1, 0.15) is 28.6 Å². The van der Waals surface area contributed by atoms with Gasteiger partial charge in [0.05, 0.1) is 13.2 Å². The molecule has 1 atom stereocenters. The standard InChI is InChI=1S/C25H25N3O/c1-29-23-14-12-20(13-15-23)18-27-24(22-10-6-3-7-11-22)25-26-16-17-28(25)19-21-8-4-2-5-9-21/h2-17,24,27H,18-19H2,1H3. The minimum absolute atomic E-state index is 0.00276. The number of imidazole rings is 1. The van der Waals surface area contributed by atoms with Crippen LogP contribution >= 0.6 is 0 Å². The van der Waals surface area contributed by atoms with Crippen molar-refractivity contribution in [2.45, 2.75) is 19.1 Å². The third-order valence-corrected chi connectivity index (χ3v) is 5.00. The second-order valence-electron chi connectivity index (χ2n) is 6.97. The number of nitrogens with one attached hydrogen (secondary N) is 1. The summed E-state index contributed by atoms with van der Waals surface area (Å²) in [7, 11) is 1.69. The molecule has 0 aliphatic heterocycles. The van der Waals surface area contributed by atoms with Crippen LogP contribution in [0.5, 0.6) is 5.75 Å². The Morgan fingerprint density at radius 1 is 0.862 bits per heavy atom. The third kappa shape index (κ3) is 4.73. The van der Waals surface area contributed by atoms with Crippen LogP contribution in [0.2, 0.25) is 0 Å². The maximum Gasteiger partial charge on any atom is 0.130 e. The third-order valence-electron chi connectivity index (χ3n) is 5.00. The van der Waals surface area contributed by atoms with Crippen LogP contribution < -0.4 is 10.1 Å². The van der Waals surface area contributed by atoms with E-state index in [2.05, 4.69) is 70.5 Å². The molecule has 4 heteroatoms. The predicted octanol–water partition coefficient (Wildman–Crippen LogP) is 4.82. The number of nitrogens with zero attached hydrogens (tertiary/aromatic N) is 2. The molecular weight excluding hydrogens is 358 g/mol. The molecule has 4 aromatic rings. The van der Waals surface area contributed by atoms with Crippen LogP contribution in [0.4, 0.5) is 0 Å². The Bertz CT molecular complexity index is 1010. The molecule has 0 saturated carbocycles. The summed E-state index contributed by atoms with van der Waals surface area (Å²) in [5.74, 6) is 1.88. The van der Waals surface area contributed by atoms with Gasteiger partial charge in [0.2, 0.25) is 0 Å². The molecule has 4 nitrogen and oxygen atoms in total. The van der Waals surface area contributed by atoms with Gasteiger partial charge in [-0.1, -0.05) is 72.8 Å². The van der Waals surface area contributed by atoms with Crippen molar-refractivity contribution >= 4 is 0 Å². The summed E-state index contributed by atoms with van der Waals surface area (Å²) in [5.41, 5.74) is 3.66. The Labute approximate surface area is 171 Å². The fourth-order valence-corrected chi connectivity index (χ4v) is 3.46. The highest BCUT2D eigenvalue weighted by molar-refractivity contribution is 5.29. The van der Waals surface area contributed by atoms with Gasteiger partial charge in [-0.25, -0.2) is 4.98 Å². The van der Waals surface area contributed by atoms with Crippen LogP contribution in [0.3, 0.4) is 0 Å². The first-order valence-electron chi connectivity index (χ1n) is 9.79. The highest BCUT2D eigenvalue weighted by Crippen LogP contribution is 2.22. The lowest BCUT2D eigenvalue weighted by Gasteiger charge is -2.21. The molecule has 1 N–H and O–H groups in total. The Balaban J connectivity index is 1.59. The lowest BCUT2D eigenvalue weighted by Crippen LogP contribution is -2.25. The largest absolute Gasteiger partial charge is 0.497 e. The molecule has 0 spiro atoms. The lowest BCUT2D eigenvalue weighted by atomic mass is 10.1. The summed E-state index contributed by atoms with van der Waals surface area (Å²) in [4.78, 5) is 4.71. The topological polar surface area (TPSA) is 39.1 Å². The molecule has 0 amide bonds. The fourth-order valence-electron chi connectivity index (χ4n) is 3.46. The van der Waals surface area contributed by atoms with Crippen LogP contribution in [-0.4, -0.2) is 16.7 Å². The summed E-state index contributed by atoms with van der Waals surface area (Å²) in [6, 6.07) is 29.1. The Morgan fingerprint density at radius 3 is 2.24 bits per heavy atom. The van der Waals surface area contributed by atoms with E-state index in [-0.39, 0.29) is 6.04 Å². The molecule has 1 heterocycles. The van der Waals surface area contributed by atoms with Gasteiger partial charge >= 0.3 is 0 Å². The molecule has 0 bridgehead atoms. The molecule has 146 valence electrons. The van der Waals surface area contributed by atoms with Gasteiger partial charge in [0, 0.05) is 25.5 Å². The normalized spacial score (nSPS) is 11.9. The Morgan fingerprint density at radius 2 is 1.55 bits per heavy atom. The molecular formula is C25H25N3O. The average Bonchev–Trinajstić information content (AvgIpc) is 3.23. The molecule has 0 fully saturated rings. The zero-order valence-electron chi connectivity index (χ0n) is 16.5. The maximum absolute atomic E-state index is 5.26. The first-order valence-corrected chi connectivity index (χ1v) is 9.79. The minimum atomic E-state index is -0.00276. The minimum Gasteiger partial charge on any atom is -0.497 e. The van der Waals surface area contributed by atoms with Crippen molar-refractivity contribution < 1.29 is 4.74 Å². The highest BCUT2D eigenvalue weighted by Gasteiger charge is 2.19. The number of hydrogen-bond donors (Lipinski definition) is 1. The van der Waals surface area contributed by atoms with Crippen molar-refractivity contribution in [1.82, 2.24) is 14.9 Å². The van der Waals surface area contributed by atoms with Gasteiger partial charge in [-0.3, -0.25) is 5.32 Å². The molecule has 29 heavy (non-hydrogen) atoms. The predicted molar refractivity (Wildman–Crippen MR) is 116 cm³/mol. The van der Waals surface area contributed by atoms with E-state index in [1.165, 1.54) is 16.7 Å². The summed E-state index contributed by atoms with van der Waals surface area (Å²) in [6.07, 6.45) is 3.93. The first kappa shape index (κ1) is 19.0. The van der Waals surface area contributed by atoms with Gasteiger partial charge in [-0.05, 0) is 28.8 Å². The van der Waals surface area contributed by atoms with Crippen molar-refractivity contribution in [2.24, 2.45) is 0 Å². The van der Waals surface area contributed by atoms with Crippen LogP contribution in [0.15, 0.2) is 97.3 Å².